The van der Waals surface area contributed by atoms with Crippen LogP contribution < -0.4 is 5.32 Å². The number of hydrogen-bond acceptors (Lipinski definition) is 3. The number of anilines is 1. The van der Waals surface area contributed by atoms with E-state index in [9.17, 15) is 9.90 Å². The number of carbonyl (C=O) groups excluding carboxylic acids is 1. The van der Waals surface area contributed by atoms with E-state index in [0.717, 1.165) is 18.5 Å². The highest BCUT2D eigenvalue weighted by atomic mass is 32.2. The van der Waals surface area contributed by atoms with Crippen LogP contribution in [0.25, 0.3) is 0 Å². The fraction of sp³-hybridized carbons (Fsp3) is 0.800. The lowest BCUT2D eigenvalue weighted by atomic mass is 10.0. The van der Waals surface area contributed by atoms with Crippen LogP contribution in [0.15, 0.2) is 24.3 Å². The molecule has 0 fully saturated rings. The van der Waals surface area contributed by atoms with Crippen molar-refractivity contribution in [2.24, 2.45) is 0 Å². The molecule has 1 aromatic rings. The molecular weight excluding hydrogens is 498 g/mol. The summed E-state index contributed by atoms with van der Waals surface area (Å²) in [6.45, 7) is 2.30. The maximum absolute atomic E-state index is 12.0. The van der Waals surface area contributed by atoms with Crippen LogP contribution in [0.3, 0.4) is 0 Å². The molecule has 0 bridgehead atoms. The van der Waals surface area contributed by atoms with Gasteiger partial charge in [0.15, 0.2) is 0 Å². The standard InChI is InChI=1S/C35H63NO2S/c1-2-3-4-5-6-7-8-9-10-11-12-13-15-18-21-24-31-39-32-25-22-19-16-14-17-20-23-26-35(38)36-33-27-29-34(37)30-28-33/h27-30,37H,2-26,31-32H2,1H3,(H,36,38). The van der Waals surface area contributed by atoms with Gasteiger partial charge in [-0.2, -0.15) is 11.8 Å². The topological polar surface area (TPSA) is 49.3 Å². The van der Waals surface area contributed by atoms with Crippen molar-refractivity contribution in [3.05, 3.63) is 24.3 Å². The van der Waals surface area contributed by atoms with Gasteiger partial charge in [0.2, 0.25) is 5.91 Å². The third-order valence-corrected chi connectivity index (χ3v) is 8.89. The van der Waals surface area contributed by atoms with E-state index >= 15 is 0 Å². The summed E-state index contributed by atoms with van der Waals surface area (Å²) in [5, 5.41) is 12.2. The molecule has 3 nitrogen and oxygen atoms in total. The molecule has 0 aliphatic heterocycles. The van der Waals surface area contributed by atoms with Gasteiger partial charge in [0.1, 0.15) is 5.75 Å². The van der Waals surface area contributed by atoms with Gasteiger partial charge in [-0.3, -0.25) is 4.79 Å². The fourth-order valence-electron chi connectivity index (χ4n) is 5.17. The number of aromatic hydroxyl groups is 1. The van der Waals surface area contributed by atoms with Gasteiger partial charge in [-0.1, -0.05) is 142 Å². The van der Waals surface area contributed by atoms with E-state index in [4.69, 9.17) is 0 Å². The van der Waals surface area contributed by atoms with Gasteiger partial charge in [0.25, 0.3) is 0 Å². The third kappa shape index (κ3) is 25.5. The second-order valence-corrected chi connectivity index (χ2v) is 12.8. The highest BCUT2D eigenvalue weighted by Crippen LogP contribution is 2.17. The van der Waals surface area contributed by atoms with Gasteiger partial charge in [-0.15, -0.1) is 0 Å². The Morgan fingerprint density at radius 1 is 0.564 bits per heavy atom. The molecule has 0 saturated heterocycles. The lowest BCUT2D eigenvalue weighted by Gasteiger charge is -2.06. The van der Waals surface area contributed by atoms with Crippen molar-refractivity contribution in [3.8, 4) is 5.75 Å². The largest absolute Gasteiger partial charge is 0.508 e. The summed E-state index contributed by atoms with van der Waals surface area (Å²) in [4.78, 5) is 12.0. The summed E-state index contributed by atoms with van der Waals surface area (Å²) in [6.07, 6.45) is 33.8. The predicted octanol–water partition coefficient (Wildman–Crippen LogP) is 11.8. The fourth-order valence-corrected chi connectivity index (χ4v) is 6.19. The molecule has 39 heavy (non-hydrogen) atoms. The van der Waals surface area contributed by atoms with Crippen molar-refractivity contribution in [1.29, 1.82) is 0 Å². The van der Waals surface area contributed by atoms with Crippen LogP contribution in [0.1, 0.15) is 167 Å². The molecule has 0 saturated carbocycles. The molecule has 0 unspecified atom stereocenters. The summed E-state index contributed by atoms with van der Waals surface area (Å²) >= 11 is 2.17. The highest BCUT2D eigenvalue weighted by Gasteiger charge is 2.02. The van der Waals surface area contributed by atoms with Gasteiger partial charge in [0.05, 0.1) is 0 Å². The highest BCUT2D eigenvalue weighted by molar-refractivity contribution is 7.99. The molecule has 0 aromatic heterocycles. The lowest BCUT2D eigenvalue weighted by molar-refractivity contribution is -0.116. The van der Waals surface area contributed by atoms with Crippen molar-refractivity contribution in [2.45, 2.75) is 167 Å². The monoisotopic (exact) mass is 561 g/mol. The van der Waals surface area contributed by atoms with E-state index in [1.54, 1.807) is 24.3 Å². The van der Waals surface area contributed by atoms with Crippen LogP contribution >= 0.6 is 11.8 Å². The number of nitrogens with one attached hydrogen (secondary N) is 1. The normalized spacial score (nSPS) is 11.2. The van der Waals surface area contributed by atoms with Crippen LogP contribution in [0, 0.1) is 0 Å². The molecule has 1 aromatic carbocycles. The van der Waals surface area contributed by atoms with E-state index in [-0.39, 0.29) is 11.7 Å². The summed E-state index contributed by atoms with van der Waals surface area (Å²) in [5.74, 6) is 2.99. The number of rotatable bonds is 29. The molecule has 2 N–H and O–H groups in total. The Labute approximate surface area is 247 Å². The molecule has 1 amide bonds. The van der Waals surface area contributed by atoms with E-state index in [0.29, 0.717) is 6.42 Å². The average Bonchev–Trinajstić information content (AvgIpc) is 2.94. The lowest BCUT2D eigenvalue weighted by Crippen LogP contribution is -2.10. The summed E-state index contributed by atoms with van der Waals surface area (Å²) in [7, 11) is 0. The third-order valence-electron chi connectivity index (χ3n) is 7.74. The van der Waals surface area contributed by atoms with Gasteiger partial charge < -0.3 is 10.4 Å². The minimum atomic E-state index is 0.0674. The molecule has 0 aliphatic rings. The number of hydrogen-bond donors (Lipinski definition) is 2. The van der Waals surface area contributed by atoms with Crippen molar-refractivity contribution in [1.82, 2.24) is 0 Å². The molecule has 226 valence electrons. The Balaban J connectivity index is 1.68. The van der Waals surface area contributed by atoms with Crippen LogP contribution in [0.5, 0.6) is 5.75 Å². The predicted molar refractivity (Wildman–Crippen MR) is 175 cm³/mol. The number of phenols is 1. The maximum atomic E-state index is 12.0. The Morgan fingerprint density at radius 3 is 1.33 bits per heavy atom. The smallest absolute Gasteiger partial charge is 0.224 e. The molecule has 4 heteroatoms. The summed E-state index contributed by atoms with van der Waals surface area (Å²) in [6, 6.07) is 6.65. The van der Waals surface area contributed by atoms with Crippen LogP contribution in [0.2, 0.25) is 0 Å². The van der Waals surface area contributed by atoms with Gasteiger partial charge in [-0.25, -0.2) is 0 Å². The Kier molecular flexibility index (Phi) is 26.1. The van der Waals surface area contributed by atoms with Crippen LogP contribution in [-0.2, 0) is 4.79 Å². The van der Waals surface area contributed by atoms with Crippen molar-refractivity contribution < 1.29 is 9.90 Å². The number of amides is 1. The first-order valence-corrected chi connectivity index (χ1v) is 18.0. The number of thioether (sulfide) groups is 1. The van der Waals surface area contributed by atoms with Gasteiger partial charge in [0, 0.05) is 12.1 Å². The first-order valence-electron chi connectivity index (χ1n) is 16.9. The number of benzene rings is 1. The molecular formula is C35H63NO2S. The second-order valence-electron chi connectivity index (χ2n) is 11.6. The average molecular weight is 562 g/mol. The zero-order valence-corrected chi connectivity index (χ0v) is 26.5. The van der Waals surface area contributed by atoms with Crippen LogP contribution in [0.4, 0.5) is 5.69 Å². The van der Waals surface area contributed by atoms with Gasteiger partial charge in [-0.05, 0) is 55.0 Å². The second kappa shape index (κ2) is 28.4. The maximum Gasteiger partial charge on any atom is 0.224 e. The molecule has 0 heterocycles. The number of carbonyl (C=O) groups is 1. The van der Waals surface area contributed by atoms with Crippen LogP contribution in [-0.4, -0.2) is 22.5 Å². The Bertz CT molecular complexity index is 649. The van der Waals surface area contributed by atoms with E-state index in [1.807, 2.05) is 0 Å². The van der Waals surface area contributed by atoms with E-state index < -0.39 is 0 Å². The quantitative estimate of drug-likeness (QED) is 0.0755. The van der Waals surface area contributed by atoms with E-state index in [1.165, 1.54) is 153 Å². The molecule has 0 atom stereocenters. The summed E-state index contributed by atoms with van der Waals surface area (Å²) in [5.41, 5.74) is 0.751. The Morgan fingerprint density at radius 2 is 0.923 bits per heavy atom. The van der Waals surface area contributed by atoms with Crippen molar-refractivity contribution >= 4 is 23.4 Å². The first kappa shape index (κ1) is 35.9. The van der Waals surface area contributed by atoms with Crippen molar-refractivity contribution in [2.75, 3.05) is 16.8 Å². The molecule has 0 aliphatic carbocycles. The minimum Gasteiger partial charge on any atom is -0.508 e. The molecule has 0 spiro atoms. The number of unbranched alkanes of at least 4 members (excludes halogenated alkanes) is 22. The van der Waals surface area contributed by atoms with E-state index in [2.05, 4.69) is 24.0 Å². The Hall–Kier alpha value is -1.16. The van der Waals surface area contributed by atoms with Crippen molar-refractivity contribution in [3.63, 3.8) is 0 Å². The SMILES string of the molecule is CCCCCCCCCCCCCCCCCCSCCCCCCCCCCC(=O)Nc1ccc(O)cc1. The zero-order chi connectivity index (χ0) is 28.1. The van der Waals surface area contributed by atoms with Gasteiger partial charge >= 0.3 is 0 Å². The molecule has 0 radical (unpaired) electrons. The zero-order valence-electron chi connectivity index (χ0n) is 25.7. The first-order chi connectivity index (χ1) is 19.2. The summed E-state index contributed by atoms with van der Waals surface area (Å²) < 4.78 is 0. The number of phenolic OH excluding ortho intramolecular Hbond substituents is 1. The molecule has 1 rings (SSSR count). The minimum absolute atomic E-state index is 0.0674.